The molecular formula is C18H20FNO4. The van der Waals surface area contributed by atoms with Gasteiger partial charge >= 0.3 is 11.9 Å². The second-order valence-electron chi connectivity index (χ2n) is 7.28. The lowest BCUT2D eigenvalue weighted by Crippen LogP contribution is -2.44. The Kier molecular flexibility index (Phi) is 3.94. The van der Waals surface area contributed by atoms with Gasteiger partial charge in [-0.05, 0) is 44.4 Å². The van der Waals surface area contributed by atoms with Crippen LogP contribution in [-0.4, -0.2) is 27.1 Å². The Bertz CT molecular complexity index is 727. The summed E-state index contributed by atoms with van der Waals surface area (Å²) >= 11 is 0. The van der Waals surface area contributed by atoms with E-state index in [2.05, 4.69) is 4.98 Å². The molecule has 0 saturated heterocycles. The summed E-state index contributed by atoms with van der Waals surface area (Å²) < 4.78 is 14.1. The van der Waals surface area contributed by atoms with Crippen LogP contribution in [0.4, 0.5) is 4.39 Å². The zero-order valence-electron chi connectivity index (χ0n) is 13.5. The van der Waals surface area contributed by atoms with Crippen molar-refractivity contribution in [2.45, 2.75) is 44.9 Å². The molecule has 0 aromatic carbocycles. The van der Waals surface area contributed by atoms with Crippen LogP contribution in [-0.2, 0) is 16.0 Å². The number of carboxylic acid groups (broad SMARTS) is 2. The van der Waals surface area contributed by atoms with Crippen molar-refractivity contribution in [1.82, 2.24) is 4.98 Å². The molecule has 1 fully saturated rings. The highest BCUT2D eigenvalue weighted by molar-refractivity contribution is 5.82. The normalized spacial score (nSPS) is 29.8. The minimum absolute atomic E-state index is 0.0147. The van der Waals surface area contributed by atoms with E-state index in [-0.39, 0.29) is 19.3 Å². The van der Waals surface area contributed by atoms with E-state index < -0.39 is 28.6 Å². The molecule has 5 nitrogen and oxygen atoms in total. The van der Waals surface area contributed by atoms with Gasteiger partial charge < -0.3 is 10.2 Å². The maximum Gasteiger partial charge on any atom is 0.314 e. The van der Waals surface area contributed by atoms with Gasteiger partial charge in [0.25, 0.3) is 0 Å². The topological polar surface area (TPSA) is 87.5 Å². The Morgan fingerprint density at radius 2 is 2.00 bits per heavy atom. The number of nitrogens with zero attached hydrogens (tertiary/aromatic N) is 1. The van der Waals surface area contributed by atoms with E-state index in [0.29, 0.717) is 11.6 Å². The first-order valence-electron chi connectivity index (χ1n) is 8.04. The number of carboxylic acids is 2. The Morgan fingerprint density at radius 3 is 2.58 bits per heavy atom. The van der Waals surface area contributed by atoms with Crippen LogP contribution in [0.1, 0.15) is 49.9 Å². The molecule has 0 spiro atoms. The minimum atomic E-state index is -1.59. The van der Waals surface area contributed by atoms with Gasteiger partial charge in [0.15, 0.2) is 0 Å². The maximum atomic E-state index is 14.1. The number of pyridine rings is 1. The van der Waals surface area contributed by atoms with Crippen molar-refractivity contribution < 1.29 is 24.2 Å². The summed E-state index contributed by atoms with van der Waals surface area (Å²) in [5.41, 5.74) is -1.55. The lowest BCUT2D eigenvalue weighted by atomic mass is 9.64. The van der Waals surface area contributed by atoms with Crippen molar-refractivity contribution in [3.05, 3.63) is 41.5 Å². The van der Waals surface area contributed by atoms with Gasteiger partial charge in [0.1, 0.15) is 0 Å². The second kappa shape index (κ2) is 5.69. The molecule has 2 aliphatic carbocycles. The first-order chi connectivity index (χ1) is 11.2. The van der Waals surface area contributed by atoms with E-state index in [1.165, 1.54) is 6.92 Å². The van der Waals surface area contributed by atoms with Gasteiger partial charge in [-0.15, -0.1) is 0 Å². The highest BCUT2D eigenvalue weighted by Crippen LogP contribution is 2.48. The maximum absolute atomic E-state index is 14.1. The average molecular weight is 333 g/mol. The van der Waals surface area contributed by atoms with Crippen molar-refractivity contribution in [1.29, 1.82) is 0 Å². The number of aromatic nitrogens is 1. The Balaban J connectivity index is 1.96. The van der Waals surface area contributed by atoms with Crippen LogP contribution in [0.5, 0.6) is 0 Å². The van der Waals surface area contributed by atoms with Crippen LogP contribution < -0.4 is 0 Å². The monoisotopic (exact) mass is 333 g/mol. The SMILES string of the molecule is CC1(C(=O)O)CC(F)=CC(Cc2cccc(C3CC3)n2)(C(=O)O)C1. The van der Waals surface area contributed by atoms with Crippen molar-refractivity contribution in [3.63, 3.8) is 0 Å². The molecule has 2 N–H and O–H groups in total. The van der Waals surface area contributed by atoms with Gasteiger partial charge in [-0.3, -0.25) is 14.6 Å². The summed E-state index contributed by atoms with van der Waals surface area (Å²) in [6.07, 6.45) is 2.77. The van der Waals surface area contributed by atoms with Crippen molar-refractivity contribution in [3.8, 4) is 0 Å². The van der Waals surface area contributed by atoms with Crippen LogP contribution in [0.15, 0.2) is 30.1 Å². The molecule has 0 aliphatic heterocycles. The molecule has 0 radical (unpaired) electrons. The van der Waals surface area contributed by atoms with Crippen LogP contribution in [0.3, 0.4) is 0 Å². The zero-order chi connectivity index (χ0) is 17.5. The van der Waals surface area contributed by atoms with Crippen LogP contribution in [0.2, 0.25) is 0 Å². The van der Waals surface area contributed by atoms with E-state index in [1.54, 1.807) is 6.07 Å². The van der Waals surface area contributed by atoms with Crippen LogP contribution in [0, 0.1) is 10.8 Å². The molecule has 3 rings (SSSR count). The summed E-state index contributed by atoms with van der Waals surface area (Å²) in [6.45, 7) is 1.40. The number of hydrogen-bond donors (Lipinski definition) is 2. The number of carbonyl (C=O) groups is 2. The molecular weight excluding hydrogens is 313 g/mol. The summed E-state index contributed by atoms with van der Waals surface area (Å²) in [5.74, 6) is -2.67. The molecule has 2 atom stereocenters. The van der Waals surface area contributed by atoms with Gasteiger partial charge in [0.2, 0.25) is 0 Å². The first-order valence-corrected chi connectivity index (χ1v) is 8.04. The lowest BCUT2D eigenvalue weighted by Gasteiger charge is -2.38. The summed E-state index contributed by atoms with van der Waals surface area (Å²) in [7, 11) is 0. The van der Waals surface area contributed by atoms with Crippen LogP contribution >= 0.6 is 0 Å². The van der Waals surface area contributed by atoms with Crippen molar-refractivity contribution in [2.24, 2.45) is 10.8 Å². The third kappa shape index (κ3) is 3.05. The van der Waals surface area contributed by atoms with E-state index in [4.69, 9.17) is 0 Å². The first kappa shape index (κ1) is 16.6. The predicted octanol–water partition coefficient (Wildman–Crippen LogP) is 3.31. The van der Waals surface area contributed by atoms with E-state index in [9.17, 15) is 24.2 Å². The molecule has 1 heterocycles. The van der Waals surface area contributed by atoms with Crippen LogP contribution in [0.25, 0.3) is 0 Å². The smallest absolute Gasteiger partial charge is 0.314 e. The average Bonchev–Trinajstić information content (AvgIpc) is 3.30. The molecule has 0 bridgehead atoms. The quantitative estimate of drug-likeness (QED) is 0.863. The van der Waals surface area contributed by atoms with Gasteiger partial charge in [0, 0.05) is 30.1 Å². The fourth-order valence-electron chi connectivity index (χ4n) is 3.54. The standard InChI is InChI=1S/C18H20FNO4/c1-17(15(21)22)7-12(19)8-18(10-17,16(23)24)9-13-3-2-4-14(20-13)11-5-6-11/h2-4,8,11H,5-7,9-10H2,1H3,(H,21,22)(H,23,24). The second-order valence-corrected chi connectivity index (χ2v) is 7.28. The number of hydrogen-bond acceptors (Lipinski definition) is 3. The molecule has 6 heteroatoms. The van der Waals surface area contributed by atoms with E-state index >= 15 is 0 Å². The molecule has 128 valence electrons. The molecule has 1 aromatic heterocycles. The largest absolute Gasteiger partial charge is 0.481 e. The third-order valence-electron chi connectivity index (χ3n) is 4.96. The fraction of sp³-hybridized carbons (Fsp3) is 0.500. The van der Waals surface area contributed by atoms with Gasteiger partial charge in [-0.25, -0.2) is 4.39 Å². The third-order valence-corrected chi connectivity index (χ3v) is 4.96. The number of allylic oxidation sites excluding steroid dienone is 1. The summed E-state index contributed by atoms with van der Waals surface area (Å²) in [4.78, 5) is 28.0. The lowest BCUT2D eigenvalue weighted by molar-refractivity contribution is -0.156. The number of halogens is 1. The highest BCUT2D eigenvalue weighted by Gasteiger charge is 2.51. The highest BCUT2D eigenvalue weighted by atomic mass is 19.1. The molecule has 2 unspecified atom stereocenters. The number of aliphatic carboxylic acids is 2. The molecule has 1 saturated carbocycles. The summed E-state index contributed by atoms with van der Waals surface area (Å²) in [5, 5.41) is 19.2. The molecule has 1 aromatic rings. The predicted molar refractivity (Wildman–Crippen MR) is 84.2 cm³/mol. The fourth-order valence-corrected chi connectivity index (χ4v) is 3.54. The molecule has 2 aliphatic rings. The minimum Gasteiger partial charge on any atom is -0.481 e. The number of rotatable bonds is 5. The molecule has 24 heavy (non-hydrogen) atoms. The Morgan fingerprint density at radius 1 is 1.29 bits per heavy atom. The summed E-state index contributed by atoms with van der Waals surface area (Å²) in [6, 6.07) is 5.45. The van der Waals surface area contributed by atoms with Gasteiger partial charge in [0.05, 0.1) is 16.7 Å². The van der Waals surface area contributed by atoms with Crippen molar-refractivity contribution >= 4 is 11.9 Å². The van der Waals surface area contributed by atoms with Crippen molar-refractivity contribution in [2.75, 3.05) is 0 Å². The van der Waals surface area contributed by atoms with Gasteiger partial charge in [-0.1, -0.05) is 6.07 Å². The Hall–Kier alpha value is -2.24. The Labute approximate surface area is 139 Å². The van der Waals surface area contributed by atoms with E-state index in [1.807, 2.05) is 12.1 Å². The van der Waals surface area contributed by atoms with E-state index in [0.717, 1.165) is 24.6 Å². The van der Waals surface area contributed by atoms with Gasteiger partial charge in [-0.2, -0.15) is 0 Å². The zero-order valence-corrected chi connectivity index (χ0v) is 13.5. The molecule has 0 amide bonds.